The Hall–Kier alpha value is -2.90. The summed E-state index contributed by atoms with van der Waals surface area (Å²) in [4.78, 5) is 8.77. The number of anilines is 3. The summed E-state index contributed by atoms with van der Waals surface area (Å²) < 4.78 is 9.81. The molecule has 114 valence electrons. The zero-order valence-electron chi connectivity index (χ0n) is 12.5. The van der Waals surface area contributed by atoms with E-state index >= 15 is 0 Å². The van der Waals surface area contributed by atoms with E-state index in [-0.39, 0.29) is 6.04 Å². The monoisotopic (exact) mass is 300 g/mol. The van der Waals surface area contributed by atoms with E-state index in [2.05, 4.69) is 35.5 Å². The molecule has 8 nitrogen and oxygen atoms in total. The fourth-order valence-electron chi connectivity index (χ4n) is 1.91. The molecule has 3 aromatic rings. The molecule has 0 saturated carbocycles. The van der Waals surface area contributed by atoms with Gasteiger partial charge in [-0.2, -0.15) is 0 Å². The first-order valence-electron chi connectivity index (χ1n) is 6.83. The Labute approximate surface area is 126 Å². The van der Waals surface area contributed by atoms with Gasteiger partial charge in [0.2, 0.25) is 11.3 Å². The second kappa shape index (κ2) is 5.84. The van der Waals surface area contributed by atoms with Gasteiger partial charge in [0.15, 0.2) is 11.6 Å². The van der Waals surface area contributed by atoms with Crippen LogP contribution in [0.15, 0.2) is 28.9 Å². The van der Waals surface area contributed by atoms with Crippen LogP contribution in [0.3, 0.4) is 0 Å². The summed E-state index contributed by atoms with van der Waals surface area (Å²) in [7, 11) is 1.63. The maximum absolute atomic E-state index is 5.14. The van der Waals surface area contributed by atoms with Gasteiger partial charge in [0.1, 0.15) is 5.75 Å². The highest BCUT2D eigenvalue weighted by Gasteiger charge is 2.13. The van der Waals surface area contributed by atoms with Crippen molar-refractivity contribution in [1.29, 1.82) is 0 Å². The first-order chi connectivity index (χ1) is 10.7. The average molecular weight is 300 g/mol. The molecule has 0 fully saturated rings. The molecule has 1 aromatic carbocycles. The molecule has 22 heavy (non-hydrogen) atoms. The minimum atomic E-state index is 0.197. The van der Waals surface area contributed by atoms with Crippen molar-refractivity contribution < 1.29 is 9.37 Å². The lowest BCUT2D eigenvalue weighted by Crippen LogP contribution is -2.13. The third-order valence-electron chi connectivity index (χ3n) is 2.89. The molecule has 0 atom stereocenters. The van der Waals surface area contributed by atoms with E-state index in [4.69, 9.17) is 4.74 Å². The third kappa shape index (κ3) is 2.90. The van der Waals surface area contributed by atoms with E-state index in [1.807, 2.05) is 38.1 Å². The van der Waals surface area contributed by atoms with Gasteiger partial charge in [0, 0.05) is 11.7 Å². The first-order valence-corrected chi connectivity index (χ1v) is 6.83. The van der Waals surface area contributed by atoms with Crippen molar-refractivity contribution in [3.8, 4) is 5.75 Å². The van der Waals surface area contributed by atoms with Crippen LogP contribution in [0.2, 0.25) is 0 Å². The Balaban J connectivity index is 1.95. The lowest BCUT2D eigenvalue weighted by molar-refractivity contribution is 0.314. The number of aromatic nitrogens is 4. The molecule has 0 aliphatic heterocycles. The molecule has 0 bridgehead atoms. The van der Waals surface area contributed by atoms with E-state index in [9.17, 15) is 0 Å². The molecule has 0 spiro atoms. The Morgan fingerprint density at radius 2 is 1.64 bits per heavy atom. The topological polar surface area (TPSA) is 98.0 Å². The first kappa shape index (κ1) is 14.1. The van der Waals surface area contributed by atoms with Crippen molar-refractivity contribution in [1.82, 2.24) is 20.3 Å². The number of fused-ring (bicyclic) bond motifs is 1. The smallest absolute Gasteiger partial charge is 0.245 e. The summed E-state index contributed by atoms with van der Waals surface area (Å²) in [6.07, 6.45) is 0. The van der Waals surface area contributed by atoms with Gasteiger partial charge in [0.05, 0.1) is 7.11 Å². The Bertz CT molecular complexity index is 769. The SMILES string of the molecule is COc1ccc(Nc2nc3nonc3nc2NC(C)C)cc1. The summed E-state index contributed by atoms with van der Waals surface area (Å²) >= 11 is 0. The zero-order chi connectivity index (χ0) is 15.5. The van der Waals surface area contributed by atoms with Crippen LogP contribution in [0.5, 0.6) is 5.75 Å². The van der Waals surface area contributed by atoms with Crippen molar-refractivity contribution in [2.75, 3.05) is 17.7 Å². The number of benzene rings is 1. The molecule has 8 heteroatoms. The van der Waals surface area contributed by atoms with Gasteiger partial charge in [0.25, 0.3) is 0 Å². The van der Waals surface area contributed by atoms with Gasteiger partial charge in [-0.05, 0) is 48.4 Å². The van der Waals surface area contributed by atoms with Crippen molar-refractivity contribution in [2.45, 2.75) is 19.9 Å². The van der Waals surface area contributed by atoms with Gasteiger partial charge in [-0.3, -0.25) is 0 Å². The summed E-state index contributed by atoms with van der Waals surface area (Å²) in [6, 6.07) is 7.71. The summed E-state index contributed by atoms with van der Waals surface area (Å²) in [6.45, 7) is 4.04. The maximum Gasteiger partial charge on any atom is 0.245 e. The summed E-state index contributed by atoms with van der Waals surface area (Å²) in [5, 5.41) is 13.9. The van der Waals surface area contributed by atoms with E-state index in [0.717, 1.165) is 11.4 Å². The predicted octanol–water partition coefficient (Wildman–Crippen LogP) is 2.59. The lowest BCUT2D eigenvalue weighted by atomic mass is 10.3. The summed E-state index contributed by atoms with van der Waals surface area (Å²) in [5.74, 6) is 1.93. The highest BCUT2D eigenvalue weighted by molar-refractivity contribution is 5.76. The third-order valence-corrected chi connectivity index (χ3v) is 2.89. The molecule has 0 unspecified atom stereocenters. The number of ether oxygens (including phenoxy) is 1. The van der Waals surface area contributed by atoms with E-state index < -0.39 is 0 Å². The van der Waals surface area contributed by atoms with E-state index in [1.54, 1.807) is 7.11 Å². The van der Waals surface area contributed by atoms with Gasteiger partial charge in [-0.15, -0.1) is 0 Å². The van der Waals surface area contributed by atoms with Gasteiger partial charge < -0.3 is 15.4 Å². The van der Waals surface area contributed by atoms with Gasteiger partial charge >= 0.3 is 0 Å². The highest BCUT2D eigenvalue weighted by Crippen LogP contribution is 2.25. The van der Waals surface area contributed by atoms with Crippen LogP contribution in [0.4, 0.5) is 17.3 Å². The van der Waals surface area contributed by atoms with Crippen LogP contribution in [0.1, 0.15) is 13.8 Å². The number of hydrogen-bond donors (Lipinski definition) is 2. The maximum atomic E-state index is 5.14. The molecule has 2 heterocycles. The van der Waals surface area contributed by atoms with Crippen LogP contribution < -0.4 is 15.4 Å². The molecule has 3 rings (SSSR count). The van der Waals surface area contributed by atoms with Gasteiger partial charge in [-0.25, -0.2) is 14.6 Å². The van der Waals surface area contributed by atoms with Crippen LogP contribution in [-0.2, 0) is 0 Å². The molecule has 0 aliphatic rings. The minimum absolute atomic E-state index is 0.197. The number of nitrogens with one attached hydrogen (secondary N) is 2. The normalized spacial score (nSPS) is 10.9. The van der Waals surface area contributed by atoms with Crippen molar-refractivity contribution in [2.24, 2.45) is 0 Å². The van der Waals surface area contributed by atoms with Crippen molar-refractivity contribution in [3.63, 3.8) is 0 Å². The Morgan fingerprint density at radius 3 is 2.23 bits per heavy atom. The van der Waals surface area contributed by atoms with E-state index in [1.165, 1.54) is 0 Å². The quantitative estimate of drug-likeness (QED) is 0.742. The average Bonchev–Trinajstić information content (AvgIpc) is 2.95. The van der Waals surface area contributed by atoms with E-state index in [0.29, 0.717) is 22.9 Å². The van der Waals surface area contributed by atoms with Crippen molar-refractivity contribution in [3.05, 3.63) is 24.3 Å². The van der Waals surface area contributed by atoms with Crippen LogP contribution in [0, 0.1) is 0 Å². The summed E-state index contributed by atoms with van der Waals surface area (Å²) in [5.41, 5.74) is 1.58. The fourth-order valence-corrected chi connectivity index (χ4v) is 1.91. The number of hydrogen-bond acceptors (Lipinski definition) is 8. The standard InChI is InChI=1S/C14H16N6O2/c1-8(2)15-11-12(18-14-13(17-11)19-22-20-14)16-9-4-6-10(21-3)7-5-9/h4-8H,1-3H3,(H,15,17,19)(H,16,18,20). The molecule has 2 aromatic heterocycles. The number of methoxy groups -OCH3 is 1. The zero-order valence-corrected chi connectivity index (χ0v) is 12.5. The predicted molar refractivity (Wildman–Crippen MR) is 82.4 cm³/mol. The number of nitrogens with zero attached hydrogens (tertiary/aromatic N) is 4. The molecular formula is C14H16N6O2. The molecule has 0 radical (unpaired) electrons. The van der Waals surface area contributed by atoms with Crippen LogP contribution >= 0.6 is 0 Å². The molecule has 0 amide bonds. The second-order valence-electron chi connectivity index (χ2n) is 4.98. The fraction of sp³-hybridized carbons (Fsp3) is 0.286. The van der Waals surface area contributed by atoms with Crippen LogP contribution in [-0.4, -0.2) is 33.4 Å². The van der Waals surface area contributed by atoms with Crippen LogP contribution in [0.25, 0.3) is 11.3 Å². The Morgan fingerprint density at radius 1 is 1.00 bits per heavy atom. The number of rotatable bonds is 5. The molecule has 0 saturated heterocycles. The lowest BCUT2D eigenvalue weighted by Gasteiger charge is -2.13. The van der Waals surface area contributed by atoms with Crippen molar-refractivity contribution >= 4 is 28.6 Å². The second-order valence-corrected chi connectivity index (χ2v) is 4.98. The molecular weight excluding hydrogens is 284 g/mol. The minimum Gasteiger partial charge on any atom is -0.497 e. The van der Waals surface area contributed by atoms with Gasteiger partial charge in [-0.1, -0.05) is 0 Å². The Kier molecular flexibility index (Phi) is 3.73. The molecule has 2 N–H and O–H groups in total. The molecule has 0 aliphatic carbocycles. The highest BCUT2D eigenvalue weighted by atomic mass is 16.6. The largest absolute Gasteiger partial charge is 0.497 e.